The Morgan fingerprint density at radius 3 is 2.73 bits per heavy atom. The van der Waals surface area contributed by atoms with Gasteiger partial charge in [-0.15, -0.1) is 5.10 Å². The van der Waals surface area contributed by atoms with Crippen molar-refractivity contribution < 1.29 is 18.7 Å². The van der Waals surface area contributed by atoms with Crippen LogP contribution >= 0.6 is 0 Å². The lowest BCUT2D eigenvalue weighted by Crippen LogP contribution is -2.37. The van der Waals surface area contributed by atoms with E-state index in [2.05, 4.69) is 15.2 Å². The number of pyridine rings is 2. The quantitative estimate of drug-likeness (QED) is 0.493. The summed E-state index contributed by atoms with van der Waals surface area (Å²) in [6, 6.07) is 6.66. The molecule has 37 heavy (non-hydrogen) atoms. The van der Waals surface area contributed by atoms with Crippen molar-refractivity contribution in [2.45, 2.75) is 57.4 Å². The van der Waals surface area contributed by atoms with Crippen LogP contribution in [-0.4, -0.2) is 54.6 Å². The number of carbonyl (C=O) groups is 1. The van der Waals surface area contributed by atoms with Crippen LogP contribution in [0.25, 0.3) is 11.4 Å². The third-order valence-corrected chi connectivity index (χ3v) is 7.35. The van der Waals surface area contributed by atoms with Crippen LogP contribution in [0.5, 0.6) is 0 Å². The lowest BCUT2D eigenvalue weighted by atomic mass is 9.94. The number of aliphatic carboxylic acids is 1. The van der Waals surface area contributed by atoms with Crippen molar-refractivity contribution in [3.05, 3.63) is 57.8 Å². The van der Waals surface area contributed by atoms with E-state index in [0.29, 0.717) is 35.6 Å². The fourth-order valence-corrected chi connectivity index (χ4v) is 5.24. The van der Waals surface area contributed by atoms with Gasteiger partial charge in [-0.2, -0.15) is 0 Å². The Morgan fingerprint density at radius 1 is 1.24 bits per heavy atom. The highest BCUT2D eigenvalue weighted by Crippen LogP contribution is 2.55. The lowest BCUT2D eigenvalue weighted by molar-refractivity contribution is -0.138. The van der Waals surface area contributed by atoms with Gasteiger partial charge in [0, 0.05) is 45.2 Å². The first-order valence-corrected chi connectivity index (χ1v) is 12.6. The zero-order valence-electron chi connectivity index (χ0n) is 20.9. The summed E-state index contributed by atoms with van der Waals surface area (Å²) >= 11 is 0. The minimum absolute atomic E-state index is 0.104. The van der Waals surface area contributed by atoms with Crippen LogP contribution in [0.15, 0.2) is 35.3 Å². The number of aryl methyl sites for hydroxylation is 2. The topological polar surface area (TPSA) is 106 Å². The van der Waals surface area contributed by atoms with Gasteiger partial charge in [0.25, 0.3) is 11.5 Å². The molecule has 1 saturated carbocycles. The molecule has 1 aliphatic carbocycles. The molecule has 4 heterocycles. The number of carboxylic acid groups (broad SMARTS) is 1. The summed E-state index contributed by atoms with van der Waals surface area (Å²) in [4.78, 5) is 30.8. The van der Waals surface area contributed by atoms with E-state index in [1.165, 1.54) is 22.9 Å². The van der Waals surface area contributed by atoms with E-state index in [9.17, 15) is 23.5 Å². The average Bonchev–Trinajstić information content (AvgIpc) is 3.36. The summed E-state index contributed by atoms with van der Waals surface area (Å²) in [5, 5.41) is 17.7. The van der Waals surface area contributed by atoms with E-state index in [-0.39, 0.29) is 30.9 Å². The molecule has 0 spiro atoms. The van der Waals surface area contributed by atoms with Crippen LogP contribution in [0.1, 0.15) is 55.5 Å². The fourth-order valence-electron chi connectivity index (χ4n) is 5.24. The van der Waals surface area contributed by atoms with Crippen LogP contribution in [0, 0.1) is 5.92 Å². The molecule has 5 rings (SSSR count). The summed E-state index contributed by atoms with van der Waals surface area (Å²) in [5.74, 6) is -4.24. The highest BCUT2D eigenvalue weighted by atomic mass is 19.3. The van der Waals surface area contributed by atoms with Gasteiger partial charge in [-0.3, -0.25) is 9.59 Å². The summed E-state index contributed by atoms with van der Waals surface area (Å²) in [6.07, 6.45) is 3.97. The van der Waals surface area contributed by atoms with Gasteiger partial charge < -0.3 is 14.6 Å². The van der Waals surface area contributed by atoms with Crippen LogP contribution in [-0.2, 0) is 24.8 Å². The Hall–Kier alpha value is -3.63. The van der Waals surface area contributed by atoms with Crippen molar-refractivity contribution in [1.82, 2.24) is 24.5 Å². The minimum atomic E-state index is -2.72. The van der Waals surface area contributed by atoms with Crippen LogP contribution in [0.4, 0.5) is 14.5 Å². The van der Waals surface area contributed by atoms with Gasteiger partial charge in [0.2, 0.25) is 0 Å². The molecule has 9 nitrogen and oxygen atoms in total. The number of alkyl halides is 2. The first-order valence-electron chi connectivity index (χ1n) is 12.6. The minimum Gasteiger partial charge on any atom is -0.481 e. The van der Waals surface area contributed by atoms with Gasteiger partial charge in [-0.1, -0.05) is 18.2 Å². The van der Waals surface area contributed by atoms with Gasteiger partial charge in [-0.05, 0) is 42.9 Å². The van der Waals surface area contributed by atoms with Gasteiger partial charge in [0.05, 0.1) is 35.2 Å². The molecule has 3 aromatic rings. The van der Waals surface area contributed by atoms with E-state index in [1.807, 2.05) is 19.1 Å². The number of rotatable bonds is 8. The molecule has 2 fully saturated rings. The molecule has 196 valence electrons. The van der Waals surface area contributed by atoms with Crippen LogP contribution < -0.4 is 10.5 Å². The van der Waals surface area contributed by atoms with Gasteiger partial charge in [0.1, 0.15) is 5.69 Å². The summed E-state index contributed by atoms with van der Waals surface area (Å²) in [7, 11) is 1.72. The van der Waals surface area contributed by atoms with Crippen molar-refractivity contribution in [3.63, 3.8) is 0 Å². The number of carboxylic acids is 1. The number of hydrogen-bond acceptors (Lipinski definition) is 6. The third kappa shape index (κ3) is 5.12. The van der Waals surface area contributed by atoms with Crippen LogP contribution in [0.2, 0.25) is 0 Å². The van der Waals surface area contributed by atoms with Gasteiger partial charge in [-0.25, -0.2) is 18.4 Å². The van der Waals surface area contributed by atoms with Crippen molar-refractivity contribution in [1.29, 1.82) is 0 Å². The van der Waals surface area contributed by atoms with Crippen molar-refractivity contribution in [3.8, 4) is 11.4 Å². The molecule has 11 heteroatoms. The average molecular weight is 513 g/mol. The fraction of sp³-hybridized carbons (Fsp3) is 0.500. The summed E-state index contributed by atoms with van der Waals surface area (Å²) in [6.45, 7) is 3.66. The third-order valence-electron chi connectivity index (χ3n) is 7.35. The molecular weight excluding hydrogens is 482 g/mol. The van der Waals surface area contributed by atoms with Gasteiger partial charge >= 0.3 is 5.97 Å². The number of anilines is 1. The highest BCUT2D eigenvalue weighted by molar-refractivity contribution is 5.67. The summed E-state index contributed by atoms with van der Waals surface area (Å²) < 4.78 is 30.2. The molecule has 1 unspecified atom stereocenters. The number of nitrogens with zero attached hydrogens (tertiary/aromatic N) is 6. The second kappa shape index (κ2) is 9.68. The molecule has 1 saturated heterocycles. The first-order chi connectivity index (χ1) is 17.7. The van der Waals surface area contributed by atoms with E-state index >= 15 is 0 Å². The number of hydrogen-bond donors (Lipinski definition) is 1. The summed E-state index contributed by atoms with van der Waals surface area (Å²) in [5.41, 5.74) is 3.80. The maximum absolute atomic E-state index is 13.6. The van der Waals surface area contributed by atoms with Crippen molar-refractivity contribution in [2.75, 3.05) is 18.0 Å². The van der Waals surface area contributed by atoms with Crippen molar-refractivity contribution >= 4 is 11.7 Å². The van der Waals surface area contributed by atoms with E-state index in [1.54, 1.807) is 11.7 Å². The zero-order chi connectivity index (χ0) is 26.3. The molecule has 3 aromatic heterocycles. The molecule has 2 atom stereocenters. The Morgan fingerprint density at radius 2 is 2.03 bits per heavy atom. The first kappa shape index (κ1) is 25.0. The Bertz CT molecular complexity index is 1380. The van der Waals surface area contributed by atoms with E-state index < -0.39 is 17.8 Å². The number of aromatic nitrogens is 5. The Balaban J connectivity index is 1.42. The lowest BCUT2D eigenvalue weighted by Gasteiger charge is -2.34. The standard InChI is InChI=1S/C26H30F2N6O3/c1-3-19-21(33-10-4-5-16(13-33)11-24(36)37)8-7-20(29-19)25-22(32(2)31-30-25)15-34-14-17(6-9-23(34)35)18-12-26(18,27)28/h6-9,14,16,18H,3-5,10-13,15H2,1-2H3,(H,36,37)/t16-,18?/m1/s1. The predicted octanol–water partition coefficient (Wildman–Crippen LogP) is 3.46. The number of piperidine rings is 1. The van der Waals surface area contributed by atoms with Crippen LogP contribution in [0.3, 0.4) is 0 Å². The monoisotopic (exact) mass is 512 g/mol. The van der Waals surface area contributed by atoms with E-state index in [0.717, 1.165) is 30.8 Å². The predicted molar refractivity (Wildman–Crippen MR) is 133 cm³/mol. The molecule has 1 N–H and O–H groups in total. The maximum atomic E-state index is 13.6. The molecule has 0 bridgehead atoms. The molecule has 0 amide bonds. The largest absolute Gasteiger partial charge is 0.481 e. The molecule has 0 radical (unpaired) electrons. The normalized spacial score (nSPS) is 20.7. The van der Waals surface area contributed by atoms with Crippen molar-refractivity contribution in [2.24, 2.45) is 13.0 Å². The maximum Gasteiger partial charge on any atom is 0.303 e. The zero-order valence-corrected chi connectivity index (χ0v) is 20.9. The second-order valence-electron chi connectivity index (χ2n) is 10.0. The molecular formula is C26H30F2N6O3. The van der Waals surface area contributed by atoms with E-state index in [4.69, 9.17) is 4.98 Å². The Kier molecular flexibility index (Phi) is 6.55. The Labute approximate surface area is 212 Å². The number of halogens is 2. The molecule has 1 aliphatic heterocycles. The smallest absolute Gasteiger partial charge is 0.303 e. The SMILES string of the molecule is CCc1nc(-c2nnn(C)c2Cn2cc(C3CC3(F)F)ccc2=O)ccc1N1CCC[C@H](CC(=O)O)C1. The second-order valence-corrected chi connectivity index (χ2v) is 10.0. The van der Waals surface area contributed by atoms with Gasteiger partial charge in [0.15, 0.2) is 0 Å². The molecule has 2 aliphatic rings. The molecule has 0 aromatic carbocycles. The highest BCUT2D eigenvalue weighted by Gasteiger charge is 2.57.